The summed E-state index contributed by atoms with van der Waals surface area (Å²) in [5, 5.41) is 4.26. The molecule has 0 spiro atoms. The van der Waals surface area contributed by atoms with Crippen molar-refractivity contribution in [3.63, 3.8) is 0 Å². The van der Waals surface area contributed by atoms with E-state index in [-0.39, 0.29) is 5.82 Å². The van der Waals surface area contributed by atoms with Crippen LogP contribution in [0.25, 0.3) is 27.7 Å². The van der Waals surface area contributed by atoms with Crippen LogP contribution in [0.1, 0.15) is 12.1 Å². The first kappa shape index (κ1) is 16.8. The molecule has 0 aliphatic carbocycles. The average Bonchev–Trinajstić information content (AvgIpc) is 3.12. The van der Waals surface area contributed by atoms with Crippen molar-refractivity contribution < 1.29 is 9.13 Å². The van der Waals surface area contributed by atoms with Crippen LogP contribution in [0.3, 0.4) is 0 Å². The van der Waals surface area contributed by atoms with Gasteiger partial charge >= 0.3 is 0 Å². The lowest BCUT2D eigenvalue weighted by molar-refractivity contribution is 0.329. The molecule has 1 aliphatic heterocycles. The molecular formula is C20H21FN4O. The van der Waals surface area contributed by atoms with Crippen LogP contribution in [0.2, 0.25) is 0 Å². The molecule has 0 bridgehead atoms. The summed E-state index contributed by atoms with van der Waals surface area (Å²) in [6.07, 6.45) is 4.88. The molecular weight excluding hydrogens is 331 g/mol. The molecule has 0 saturated carbocycles. The van der Waals surface area contributed by atoms with Gasteiger partial charge in [0.05, 0.1) is 0 Å². The van der Waals surface area contributed by atoms with E-state index in [9.17, 15) is 4.39 Å². The van der Waals surface area contributed by atoms with Gasteiger partial charge in [0.15, 0.2) is 0 Å². The van der Waals surface area contributed by atoms with Crippen LogP contribution in [0.4, 0.5) is 4.39 Å². The number of nitrogens with zero attached hydrogens (tertiary/aromatic N) is 1. The van der Waals surface area contributed by atoms with E-state index >= 15 is 0 Å². The number of halogens is 1. The van der Waals surface area contributed by atoms with E-state index in [2.05, 4.69) is 27.4 Å². The van der Waals surface area contributed by atoms with E-state index in [0.29, 0.717) is 24.5 Å². The molecule has 0 fully saturated rings. The van der Waals surface area contributed by atoms with Gasteiger partial charge in [-0.25, -0.2) is 9.37 Å². The molecule has 6 heteroatoms. The van der Waals surface area contributed by atoms with Crippen LogP contribution in [-0.4, -0.2) is 36.2 Å². The number of hydrogen-bond donors (Lipinski definition) is 3. The fourth-order valence-corrected chi connectivity index (χ4v) is 3.31. The van der Waals surface area contributed by atoms with Gasteiger partial charge in [0, 0.05) is 35.9 Å². The van der Waals surface area contributed by atoms with E-state index in [4.69, 9.17) is 10.5 Å². The van der Waals surface area contributed by atoms with Crippen molar-refractivity contribution >= 4 is 16.6 Å². The summed E-state index contributed by atoms with van der Waals surface area (Å²) in [6.45, 7) is 2.61. The molecule has 1 aliphatic rings. The number of aromatic amines is 1. The molecule has 4 N–H and O–H groups in total. The molecule has 0 unspecified atom stereocenters. The van der Waals surface area contributed by atoms with E-state index in [1.807, 2.05) is 6.07 Å². The summed E-state index contributed by atoms with van der Waals surface area (Å²) in [5.41, 5.74) is 10.2. The normalized spacial score (nSPS) is 14.5. The molecule has 134 valence electrons. The summed E-state index contributed by atoms with van der Waals surface area (Å²) >= 11 is 0. The van der Waals surface area contributed by atoms with Crippen LogP contribution in [0, 0.1) is 5.82 Å². The first-order valence-corrected chi connectivity index (χ1v) is 8.77. The monoisotopic (exact) mass is 352 g/mol. The number of nitrogens with one attached hydrogen (secondary N) is 2. The third kappa shape index (κ3) is 3.21. The van der Waals surface area contributed by atoms with E-state index < -0.39 is 0 Å². The highest BCUT2D eigenvalue weighted by molar-refractivity contribution is 5.96. The zero-order valence-corrected chi connectivity index (χ0v) is 14.4. The third-order valence-corrected chi connectivity index (χ3v) is 4.55. The third-order valence-electron chi connectivity index (χ3n) is 4.55. The number of aromatic nitrogens is 2. The van der Waals surface area contributed by atoms with Gasteiger partial charge in [0.1, 0.15) is 23.8 Å². The van der Waals surface area contributed by atoms with Gasteiger partial charge in [-0.2, -0.15) is 0 Å². The fourth-order valence-electron chi connectivity index (χ4n) is 3.31. The van der Waals surface area contributed by atoms with Gasteiger partial charge in [0.2, 0.25) is 0 Å². The van der Waals surface area contributed by atoms with Gasteiger partial charge in [-0.05, 0) is 54.4 Å². The highest BCUT2D eigenvalue weighted by Crippen LogP contribution is 2.36. The maximum Gasteiger partial charge on any atom is 0.138 e. The molecule has 5 nitrogen and oxygen atoms in total. The van der Waals surface area contributed by atoms with Crippen molar-refractivity contribution in [2.24, 2.45) is 5.73 Å². The Labute approximate surface area is 151 Å². The second-order valence-corrected chi connectivity index (χ2v) is 6.26. The summed E-state index contributed by atoms with van der Waals surface area (Å²) in [4.78, 5) is 7.84. The minimum Gasteiger partial charge on any atom is -0.492 e. The highest BCUT2D eigenvalue weighted by atomic mass is 19.1. The van der Waals surface area contributed by atoms with Crippen LogP contribution >= 0.6 is 0 Å². The molecule has 0 saturated heterocycles. The molecule has 3 aromatic rings. The second-order valence-electron chi connectivity index (χ2n) is 6.26. The van der Waals surface area contributed by atoms with Crippen molar-refractivity contribution in [1.29, 1.82) is 0 Å². The fraction of sp³-hybridized carbons (Fsp3) is 0.250. The largest absolute Gasteiger partial charge is 0.492 e. The topological polar surface area (TPSA) is 76.0 Å². The van der Waals surface area contributed by atoms with Crippen molar-refractivity contribution in [3.8, 4) is 16.9 Å². The Morgan fingerprint density at radius 1 is 1.19 bits per heavy atom. The van der Waals surface area contributed by atoms with Crippen LogP contribution in [-0.2, 0) is 0 Å². The summed E-state index contributed by atoms with van der Waals surface area (Å²) in [5.74, 6) is 0.315. The van der Waals surface area contributed by atoms with Crippen molar-refractivity contribution in [1.82, 2.24) is 15.3 Å². The van der Waals surface area contributed by atoms with Gasteiger partial charge in [-0.1, -0.05) is 6.08 Å². The number of pyridine rings is 1. The van der Waals surface area contributed by atoms with Gasteiger partial charge in [-0.15, -0.1) is 0 Å². The van der Waals surface area contributed by atoms with E-state index in [0.717, 1.165) is 41.8 Å². The van der Waals surface area contributed by atoms with Gasteiger partial charge < -0.3 is 20.8 Å². The Morgan fingerprint density at radius 3 is 2.92 bits per heavy atom. The standard InChI is InChI=1S/C20H21FN4O/c21-14-1-2-19(26-10-6-22)16(11-14)15-5-9-24-20-17(15)12-18(25-20)13-3-7-23-8-4-13/h1-3,5,9,11-12,23H,4,6-8,10,22H2,(H,24,25). The Hall–Kier alpha value is -2.70. The minimum absolute atomic E-state index is 0.304. The van der Waals surface area contributed by atoms with E-state index in [1.165, 1.54) is 17.7 Å². The Morgan fingerprint density at radius 2 is 2.12 bits per heavy atom. The minimum atomic E-state index is -0.304. The number of rotatable bonds is 5. The van der Waals surface area contributed by atoms with Crippen molar-refractivity contribution in [2.45, 2.75) is 6.42 Å². The molecule has 3 heterocycles. The first-order chi connectivity index (χ1) is 12.8. The highest BCUT2D eigenvalue weighted by Gasteiger charge is 2.15. The summed E-state index contributed by atoms with van der Waals surface area (Å²) in [7, 11) is 0. The van der Waals surface area contributed by atoms with Crippen LogP contribution in [0.15, 0.2) is 42.6 Å². The number of hydrogen-bond acceptors (Lipinski definition) is 4. The molecule has 0 radical (unpaired) electrons. The lowest BCUT2D eigenvalue weighted by Crippen LogP contribution is -2.20. The van der Waals surface area contributed by atoms with Gasteiger partial charge in [0.25, 0.3) is 0 Å². The van der Waals surface area contributed by atoms with Crippen LogP contribution < -0.4 is 15.8 Å². The van der Waals surface area contributed by atoms with Crippen LogP contribution in [0.5, 0.6) is 5.75 Å². The summed E-state index contributed by atoms with van der Waals surface area (Å²) < 4.78 is 19.7. The zero-order chi connectivity index (χ0) is 17.9. The quantitative estimate of drug-likeness (QED) is 0.660. The smallest absolute Gasteiger partial charge is 0.138 e. The Kier molecular flexibility index (Phi) is 4.69. The second kappa shape index (κ2) is 7.27. The Balaban J connectivity index is 1.83. The predicted molar refractivity (Wildman–Crippen MR) is 102 cm³/mol. The molecule has 1 aromatic carbocycles. The Bertz CT molecular complexity index is 964. The molecule has 26 heavy (non-hydrogen) atoms. The van der Waals surface area contributed by atoms with Crippen molar-refractivity contribution in [3.05, 3.63) is 54.1 Å². The first-order valence-electron chi connectivity index (χ1n) is 8.77. The average molecular weight is 352 g/mol. The number of benzene rings is 1. The molecule has 0 amide bonds. The lowest BCUT2D eigenvalue weighted by atomic mass is 10.0. The zero-order valence-electron chi connectivity index (χ0n) is 14.4. The SMILES string of the molecule is NCCOc1ccc(F)cc1-c1ccnc2[nH]c(C3=CCNCC3)cc12. The molecule has 0 atom stereocenters. The predicted octanol–water partition coefficient (Wildman–Crippen LogP) is 3.08. The number of H-pyrrole nitrogens is 1. The number of fused-ring (bicyclic) bond motifs is 1. The molecule has 2 aromatic heterocycles. The number of ether oxygens (including phenoxy) is 1. The molecule has 4 rings (SSSR count). The maximum atomic E-state index is 13.9. The van der Waals surface area contributed by atoms with E-state index in [1.54, 1.807) is 12.3 Å². The lowest BCUT2D eigenvalue weighted by Gasteiger charge is -2.12. The van der Waals surface area contributed by atoms with Gasteiger partial charge in [-0.3, -0.25) is 0 Å². The van der Waals surface area contributed by atoms with Crippen molar-refractivity contribution in [2.75, 3.05) is 26.2 Å². The summed E-state index contributed by atoms with van der Waals surface area (Å²) in [6, 6.07) is 8.52. The number of nitrogens with two attached hydrogens (primary N) is 1. The maximum absolute atomic E-state index is 13.9.